The van der Waals surface area contributed by atoms with Crippen LogP contribution in [0.5, 0.6) is 0 Å². The molecule has 1 aromatic rings. The van der Waals surface area contributed by atoms with Crippen LogP contribution in [0.3, 0.4) is 0 Å². The highest BCUT2D eigenvalue weighted by Crippen LogP contribution is 1.99. The molecule has 0 N–H and O–H groups in total. The highest BCUT2D eigenvalue weighted by molar-refractivity contribution is 5.47. The lowest BCUT2D eigenvalue weighted by atomic mass is 10.2. The van der Waals surface area contributed by atoms with E-state index in [0.29, 0.717) is 0 Å². The first-order valence-electron chi connectivity index (χ1n) is 6.28. The van der Waals surface area contributed by atoms with Gasteiger partial charge in [0.25, 0.3) is 0 Å². The summed E-state index contributed by atoms with van der Waals surface area (Å²) in [6, 6.07) is 10.3. The van der Waals surface area contributed by atoms with Gasteiger partial charge in [0.15, 0.2) is 0 Å². The fourth-order valence-corrected chi connectivity index (χ4v) is 1.15. The SMILES string of the molecule is C1=CCC=C1.C=C(C)C.CC=Cc1ccccc1. The summed E-state index contributed by atoms with van der Waals surface area (Å²) < 4.78 is 0. The van der Waals surface area contributed by atoms with E-state index in [2.05, 4.69) is 49.1 Å². The van der Waals surface area contributed by atoms with Crippen LogP contribution in [-0.4, -0.2) is 0 Å². The molecule has 0 heterocycles. The Bertz CT molecular complexity index is 377. The number of rotatable bonds is 1. The molecule has 0 aliphatic heterocycles. The molecule has 0 bridgehead atoms. The molecule has 0 atom stereocenters. The van der Waals surface area contributed by atoms with Gasteiger partial charge in [0.1, 0.15) is 0 Å². The minimum Gasteiger partial charge on any atom is -0.100 e. The smallest absolute Gasteiger partial charge is 0.0163 e. The van der Waals surface area contributed by atoms with Crippen LogP contribution in [0, 0.1) is 0 Å². The van der Waals surface area contributed by atoms with Crippen molar-refractivity contribution >= 4 is 6.08 Å². The van der Waals surface area contributed by atoms with Gasteiger partial charge in [-0.25, -0.2) is 0 Å². The van der Waals surface area contributed by atoms with Crippen LogP contribution in [0.15, 0.2) is 72.9 Å². The van der Waals surface area contributed by atoms with Gasteiger partial charge in [-0.1, -0.05) is 72.4 Å². The molecule has 18 heavy (non-hydrogen) atoms. The third-order valence-corrected chi connectivity index (χ3v) is 1.81. The maximum Gasteiger partial charge on any atom is -0.0163 e. The van der Waals surface area contributed by atoms with Crippen molar-refractivity contribution in [3.05, 3.63) is 78.4 Å². The van der Waals surface area contributed by atoms with Gasteiger partial charge in [-0.15, -0.1) is 6.58 Å². The zero-order valence-corrected chi connectivity index (χ0v) is 11.8. The van der Waals surface area contributed by atoms with Gasteiger partial charge in [-0.05, 0) is 32.8 Å². The van der Waals surface area contributed by atoms with E-state index in [4.69, 9.17) is 0 Å². The Kier molecular flexibility index (Phi) is 10.5. The topological polar surface area (TPSA) is 0 Å². The van der Waals surface area contributed by atoms with Crippen LogP contribution in [0.4, 0.5) is 0 Å². The molecular formula is C18H24. The van der Waals surface area contributed by atoms with Crippen LogP contribution in [0.1, 0.15) is 32.8 Å². The lowest BCUT2D eigenvalue weighted by molar-refractivity contribution is 1.42. The molecule has 0 saturated carbocycles. The van der Waals surface area contributed by atoms with Gasteiger partial charge >= 0.3 is 0 Å². The molecule has 0 radical (unpaired) electrons. The van der Waals surface area contributed by atoms with Crippen molar-refractivity contribution < 1.29 is 0 Å². The first-order valence-corrected chi connectivity index (χ1v) is 6.28. The molecule has 0 nitrogen and oxygen atoms in total. The van der Waals surface area contributed by atoms with Crippen LogP contribution in [-0.2, 0) is 0 Å². The van der Waals surface area contributed by atoms with Gasteiger partial charge in [0.2, 0.25) is 0 Å². The standard InChI is InChI=1S/C9H10.C5H6.C4H8/c1-2-6-9-7-4-3-5-8-9;1-2-4-5-3-1;1-4(2)3/h2-8H,1H3;1-4H,5H2;1H2,2-3H3. The molecule has 0 aromatic heterocycles. The quantitative estimate of drug-likeness (QED) is 0.544. The predicted octanol–water partition coefficient (Wildman–Crippen LogP) is 5.80. The maximum atomic E-state index is 3.56. The monoisotopic (exact) mass is 240 g/mol. The Hall–Kier alpha value is -1.82. The fourth-order valence-electron chi connectivity index (χ4n) is 1.15. The summed E-state index contributed by atoms with van der Waals surface area (Å²) in [6.45, 7) is 9.52. The van der Waals surface area contributed by atoms with E-state index in [1.807, 2.05) is 45.0 Å². The highest BCUT2D eigenvalue weighted by atomic mass is 13.8. The summed E-state index contributed by atoms with van der Waals surface area (Å²) in [4.78, 5) is 0. The normalized spacial score (nSPS) is 11.5. The number of allylic oxidation sites excluding steroid dienone is 6. The van der Waals surface area contributed by atoms with Crippen LogP contribution in [0.2, 0.25) is 0 Å². The van der Waals surface area contributed by atoms with Crippen molar-refractivity contribution in [1.82, 2.24) is 0 Å². The molecule has 0 amide bonds. The van der Waals surface area contributed by atoms with Crippen LogP contribution in [0.25, 0.3) is 6.08 Å². The third-order valence-electron chi connectivity index (χ3n) is 1.81. The van der Waals surface area contributed by atoms with Crippen molar-refractivity contribution in [2.45, 2.75) is 27.2 Å². The number of benzene rings is 1. The van der Waals surface area contributed by atoms with Gasteiger partial charge in [-0.3, -0.25) is 0 Å². The predicted molar refractivity (Wildman–Crippen MR) is 84.5 cm³/mol. The summed E-state index contributed by atoms with van der Waals surface area (Å²) in [5.41, 5.74) is 2.43. The Morgan fingerprint density at radius 3 is 1.89 bits per heavy atom. The zero-order valence-electron chi connectivity index (χ0n) is 11.8. The van der Waals surface area contributed by atoms with Crippen molar-refractivity contribution in [1.29, 1.82) is 0 Å². The van der Waals surface area contributed by atoms with Crippen LogP contribution >= 0.6 is 0 Å². The molecule has 1 aromatic carbocycles. The maximum absolute atomic E-state index is 3.56. The van der Waals surface area contributed by atoms with Gasteiger partial charge in [0.05, 0.1) is 0 Å². The van der Waals surface area contributed by atoms with Gasteiger partial charge < -0.3 is 0 Å². The summed E-state index contributed by atoms with van der Waals surface area (Å²) in [5, 5.41) is 0. The lowest BCUT2D eigenvalue weighted by Crippen LogP contribution is -1.65. The minimum atomic E-state index is 1.14. The number of hydrogen-bond acceptors (Lipinski definition) is 0. The van der Waals surface area contributed by atoms with Crippen molar-refractivity contribution in [2.75, 3.05) is 0 Å². The van der Waals surface area contributed by atoms with E-state index in [0.717, 1.165) is 6.42 Å². The second-order valence-corrected chi connectivity index (χ2v) is 4.21. The van der Waals surface area contributed by atoms with E-state index in [1.54, 1.807) is 0 Å². The largest absolute Gasteiger partial charge is 0.100 e. The Morgan fingerprint density at radius 1 is 1.06 bits per heavy atom. The van der Waals surface area contributed by atoms with E-state index in [9.17, 15) is 0 Å². The van der Waals surface area contributed by atoms with E-state index < -0.39 is 0 Å². The minimum absolute atomic E-state index is 1.14. The third kappa shape index (κ3) is 12.3. The molecule has 0 heteroatoms. The van der Waals surface area contributed by atoms with Gasteiger partial charge in [0, 0.05) is 0 Å². The molecule has 0 unspecified atom stereocenters. The first-order chi connectivity index (χ1) is 8.66. The van der Waals surface area contributed by atoms with Crippen molar-refractivity contribution in [3.8, 4) is 0 Å². The molecule has 96 valence electrons. The summed E-state index contributed by atoms with van der Waals surface area (Å²) >= 11 is 0. The summed E-state index contributed by atoms with van der Waals surface area (Å²) in [5.74, 6) is 0. The van der Waals surface area contributed by atoms with E-state index >= 15 is 0 Å². The average Bonchev–Trinajstić information content (AvgIpc) is 2.88. The Balaban J connectivity index is 0.000000272. The van der Waals surface area contributed by atoms with E-state index in [1.165, 1.54) is 11.1 Å². The highest BCUT2D eigenvalue weighted by Gasteiger charge is 1.77. The Labute approximate surface area is 112 Å². The molecule has 2 rings (SSSR count). The second kappa shape index (κ2) is 11.7. The average molecular weight is 240 g/mol. The Morgan fingerprint density at radius 2 is 1.56 bits per heavy atom. The lowest BCUT2D eigenvalue weighted by Gasteiger charge is -1.86. The van der Waals surface area contributed by atoms with E-state index in [-0.39, 0.29) is 0 Å². The summed E-state index contributed by atoms with van der Waals surface area (Å²) in [7, 11) is 0. The molecule has 1 aliphatic rings. The molecule has 0 saturated heterocycles. The summed E-state index contributed by atoms with van der Waals surface area (Å²) in [6.07, 6.45) is 13.6. The van der Waals surface area contributed by atoms with Crippen LogP contribution < -0.4 is 0 Å². The molecule has 1 aliphatic carbocycles. The zero-order chi connectivity index (χ0) is 13.6. The van der Waals surface area contributed by atoms with Crippen molar-refractivity contribution in [3.63, 3.8) is 0 Å². The van der Waals surface area contributed by atoms with Gasteiger partial charge in [-0.2, -0.15) is 0 Å². The fraction of sp³-hybridized carbons (Fsp3) is 0.222. The molecular weight excluding hydrogens is 216 g/mol. The second-order valence-electron chi connectivity index (χ2n) is 4.21. The number of hydrogen-bond donors (Lipinski definition) is 0. The molecule has 0 spiro atoms. The molecule has 0 fully saturated rings. The van der Waals surface area contributed by atoms with Crippen molar-refractivity contribution in [2.24, 2.45) is 0 Å². The first kappa shape index (κ1) is 16.2.